The van der Waals surface area contributed by atoms with Gasteiger partial charge in [0, 0.05) is 5.75 Å². The van der Waals surface area contributed by atoms with Crippen LogP contribution in [0.15, 0.2) is 57.6 Å². The van der Waals surface area contributed by atoms with E-state index in [9.17, 15) is 8.78 Å². The van der Waals surface area contributed by atoms with Crippen LogP contribution in [-0.4, -0.2) is 14.5 Å². The van der Waals surface area contributed by atoms with Gasteiger partial charge < -0.3 is 4.42 Å². The predicted molar refractivity (Wildman–Crippen MR) is 90.4 cm³/mol. The summed E-state index contributed by atoms with van der Waals surface area (Å²) in [5.41, 5.74) is 1.67. The monoisotopic (exact) mass is 363 g/mol. The number of thioether (sulfide) groups is 1. The number of nitrogens with zero attached hydrogens (tertiary/aromatic N) is 3. The molecule has 4 nitrogen and oxygen atoms in total. The van der Waals surface area contributed by atoms with Gasteiger partial charge in [0.05, 0.1) is 21.6 Å². The Morgan fingerprint density at radius 1 is 1.17 bits per heavy atom. The Labute approximate surface area is 144 Å². The molecule has 3 heterocycles. The quantitative estimate of drug-likeness (QED) is 0.443. The Balaban J connectivity index is 1.58. The van der Waals surface area contributed by atoms with Crippen LogP contribution in [-0.2, 0) is 5.75 Å². The summed E-state index contributed by atoms with van der Waals surface area (Å²) in [6.45, 7) is -2.64. The van der Waals surface area contributed by atoms with E-state index in [0.29, 0.717) is 28.4 Å². The van der Waals surface area contributed by atoms with E-state index in [1.165, 1.54) is 23.1 Å². The van der Waals surface area contributed by atoms with Crippen molar-refractivity contribution < 1.29 is 13.2 Å². The summed E-state index contributed by atoms with van der Waals surface area (Å²) in [6, 6.07) is 10.7. The molecule has 4 rings (SSSR count). The van der Waals surface area contributed by atoms with E-state index >= 15 is 0 Å². The van der Waals surface area contributed by atoms with Crippen LogP contribution >= 0.6 is 23.1 Å². The molecule has 0 aliphatic rings. The lowest BCUT2D eigenvalue weighted by molar-refractivity contribution is 0.0656. The first-order valence-corrected chi connectivity index (χ1v) is 8.95. The van der Waals surface area contributed by atoms with Crippen molar-refractivity contribution in [3.8, 4) is 10.8 Å². The van der Waals surface area contributed by atoms with Gasteiger partial charge in [0.15, 0.2) is 5.16 Å². The molecule has 8 heteroatoms. The molecular weight excluding hydrogens is 352 g/mol. The molecule has 0 saturated carbocycles. The highest BCUT2D eigenvalue weighted by Crippen LogP contribution is 2.31. The minimum Gasteiger partial charge on any atom is -0.444 e. The van der Waals surface area contributed by atoms with Gasteiger partial charge in [-0.1, -0.05) is 30.0 Å². The van der Waals surface area contributed by atoms with Crippen molar-refractivity contribution in [3.63, 3.8) is 0 Å². The Bertz CT molecular complexity index is 963. The van der Waals surface area contributed by atoms with Gasteiger partial charge in [-0.05, 0) is 23.6 Å². The number of alkyl halides is 2. The number of oxazole rings is 1. The van der Waals surface area contributed by atoms with E-state index in [0.717, 1.165) is 9.44 Å². The van der Waals surface area contributed by atoms with Gasteiger partial charge in [-0.25, -0.2) is 9.97 Å². The fourth-order valence-electron chi connectivity index (χ4n) is 2.34. The summed E-state index contributed by atoms with van der Waals surface area (Å²) in [7, 11) is 0. The second-order valence-corrected chi connectivity index (χ2v) is 6.83. The molecule has 0 N–H and O–H groups in total. The zero-order chi connectivity index (χ0) is 16.5. The van der Waals surface area contributed by atoms with Gasteiger partial charge in [-0.3, -0.25) is 4.57 Å². The van der Waals surface area contributed by atoms with Crippen molar-refractivity contribution in [2.75, 3.05) is 0 Å². The lowest BCUT2D eigenvalue weighted by atomic mass is 10.3. The predicted octanol–water partition coefficient (Wildman–Crippen LogP) is 5.44. The zero-order valence-corrected chi connectivity index (χ0v) is 13.9. The Morgan fingerprint density at radius 3 is 2.83 bits per heavy atom. The van der Waals surface area contributed by atoms with Crippen LogP contribution in [0, 0.1) is 0 Å². The number of thiophene rings is 1. The average Bonchev–Trinajstić information content (AvgIpc) is 3.30. The fraction of sp³-hybridized carbons (Fsp3) is 0.125. The van der Waals surface area contributed by atoms with Crippen molar-refractivity contribution in [1.82, 2.24) is 14.5 Å². The molecular formula is C16H11F2N3OS2. The SMILES string of the molecule is FC(F)n1c(SCc2coc(-c3cccs3)n2)nc2ccccc21. The lowest BCUT2D eigenvalue weighted by Crippen LogP contribution is -2.00. The summed E-state index contributed by atoms with van der Waals surface area (Å²) >= 11 is 2.75. The number of hydrogen-bond acceptors (Lipinski definition) is 5. The summed E-state index contributed by atoms with van der Waals surface area (Å²) < 4.78 is 33.2. The second-order valence-electron chi connectivity index (χ2n) is 4.94. The van der Waals surface area contributed by atoms with Crippen LogP contribution in [0.5, 0.6) is 0 Å². The Morgan fingerprint density at radius 2 is 2.04 bits per heavy atom. The Hall–Kier alpha value is -2.19. The minimum atomic E-state index is -2.64. The number of hydrogen-bond donors (Lipinski definition) is 0. The highest BCUT2D eigenvalue weighted by Gasteiger charge is 2.18. The van der Waals surface area contributed by atoms with Crippen LogP contribution in [0.2, 0.25) is 0 Å². The van der Waals surface area contributed by atoms with Crippen LogP contribution in [0.4, 0.5) is 8.78 Å². The molecule has 0 atom stereocenters. The van der Waals surface area contributed by atoms with Crippen molar-refractivity contribution in [2.24, 2.45) is 0 Å². The van der Waals surface area contributed by atoms with Crippen LogP contribution < -0.4 is 0 Å². The number of halogens is 2. The maximum Gasteiger partial charge on any atom is 0.321 e. The van der Waals surface area contributed by atoms with E-state index < -0.39 is 6.55 Å². The van der Waals surface area contributed by atoms with E-state index in [4.69, 9.17) is 4.42 Å². The summed E-state index contributed by atoms with van der Waals surface area (Å²) in [6.07, 6.45) is 1.55. The summed E-state index contributed by atoms with van der Waals surface area (Å²) in [5.74, 6) is 0.952. The zero-order valence-electron chi connectivity index (χ0n) is 12.2. The largest absolute Gasteiger partial charge is 0.444 e. The molecule has 0 amide bonds. The minimum absolute atomic E-state index is 0.270. The normalized spacial score (nSPS) is 11.6. The maximum atomic E-state index is 13.4. The summed E-state index contributed by atoms with van der Waals surface area (Å²) in [5, 5.41) is 2.21. The lowest BCUT2D eigenvalue weighted by Gasteiger charge is -2.06. The van der Waals surface area contributed by atoms with Crippen molar-refractivity contribution >= 4 is 34.1 Å². The average molecular weight is 363 g/mol. The molecule has 0 aliphatic carbocycles. The molecule has 0 bridgehead atoms. The number of aromatic nitrogens is 3. The van der Waals surface area contributed by atoms with Crippen LogP contribution in [0.25, 0.3) is 21.8 Å². The van der Waals surface area contributed by atoms with E-state index in [-0.39, 0.29) is 5.16 Å². The van der Waals surface area contributed by atoms with E-state index in [2.05, 4.69) is 9.97 Å². The first-order chi connectivity index (χ1) is 11.7. The maximum absolute atomic E-state index is 13.4. The van der Waals surface area contributed by atoms with Gasteiger partial charge in [0.1, 0.15) is 6.26 Å². The first kappa shape index (κ1) is 15.3. The first-order valence-electron chi connectivity index (χ1n) is 7.08. The molecule has 1 aromatic carbocycles. The standard InChI is InChI=1S/C16H11F2N3OS2/c17-15(18)21-12-5-2-1-4-11(12)20-16(21)24-9-10-8-22-14(19-10)13-6-3-7-23-13/h1-8,15H,9H2. The van der Waals surface area contributed by atoms with Gasteiger partial charge in [0.2, 0.25) is 5.89 Å². The van der Waals surface area contributed by atoms with E-state index in [1.54, 1.807) is 30.5 Å². The molecule has 0 unspecified atom stereocenters. The van der Waals surface area contributed by atoms with Crippen molar-refractivity contribution in [2.45, 2.75) is 17.5 Å². The van der Waals surface area contributed by atoms with Gasteiger partial charge >= 0.3 is 6.55 Å². The molecule has 0 aliphatic heterocycles. The second kappa shape index (κ2) is 6.37. The highest BCUT2D eigenvalue weighted by atomic mass is 32.2. The van der Waals surface area contributed by atoms with Gasteiger partial charge in [-0.2, -0.15) is 8.78 Å². The molecule has 0 spiro atoms. The van der Waals surface area contributed by atoms with Gasteiger partial charge in [0.25, 0.3) is 0 Å². The number of fused-ring (bicyclic) bond motifs is 1. The molecule has 4 aromatic rings. The molecule has 122 valence electrons. The number of para-hydroxylation sites is 2. The van der Waals surface area contributed by atoms with E-state index in [1.807, 2.05) is 17.5 Å². The smallest absolute Gasteiger partial charge is 0.321 e. The number of imidazole rings is 1. The number of rotatable bonds is 5. The van der Waals surface area contributed by atoms with Crippen molar-refractivity contribution in [1.29, 1.82) is 0 Å². The van der Waals surface area contributed by atoms with Crippen LogP contribution in [0.1, 0.15) is 12.2 Å². The molecule has 3 aromatic heterocycles. The third-order valence-electron chi connectivity index (χ3n) is 3.39. The molecule has 0 fully saturated rings. The topological polar surface area (TPSA) is 43.9 Å². The van der Waals surface area contributed by atoms with Gasteiger partial charge in [-0.15, -0.1) is 11.3 Å². The molecule has 0 radical (unpaired) electrons. The Kier molecular flexibility index (Phi) is 4.07. The molecule has 24 heavy (non-hydrogen) atoms. The third-order valence-corrected chi connectivity index (χ3v) is 5.24. The van der Waals surface area contributed by atoms with Crippen molar-refractivity contribution in [3.05, 3.63) is 53.7 Å². The highest BCUT2D eigenvalue weighted by molar-refractivity contribution is 7.98. The summed E-state index contributed by atoms with van der Waals surface area (Å²) in [4.78, 5) is 9.63. The third kappa shape index (κ3) is 2.83. The van der Waals surface area contributed by atoms with Crippen LogP contribution in [0.3, 0.4) is 0 Å². The molecule has 0 saturated heterocycles. The fourth-order valence-corrected chi connectivity index (χ4v) is 3.88. The number of benzene rings is 1.